The molecule has 0 aliphatic heterocycles. The van der Waals surface area contributed by atoms with Crippen LogP contribution in [-0.4, -0.2) is 34.4 Å². The topological polar surface area (TPSA) is 58.1 Å². The highest BCUT2D eigenvalue weighted by Crippen LogP contribution is 2.20. The van der Waals surface area contributed by atoms with Crippen molar-refractivity contribution in [2.24, 2.45) is 0 Å². The van der Waals surface area contributed by atoms with E-state index in [0.717, 1.165) is 5.69 Å². The average molecular weight is 305 g/mol. The smallest absolute Gasteiger partial charge is 0.255 e. The fraction of sp³-hybridized carbons (Fsp3) is 0.267. The van der Waals surface area contributed by atoms with Gasteiger partial charge in [0.25, 0.3) is 5.91 Å². The van der Waals surface area contributed by atoms with Crippen LogP contribution in [0, 0.1) is 0 Å². The molecule has 0 aliphatic carbocycles. The molecule has 2 rings (SSSR count). The van der Waals surface area contributed by atoms with Crippen molar-refractivity contribution in [2.45, 2.75) is 13.5 Å². The number of hydrogen-bond acceptors (Lipinski definition) is 4. The van der Waals surface area contributed by atoms with Gasteiger partial charge in [-0.05, 0) is 25.1 Å². The van der Waals surface area contributed by atoms with Gasteiger partial charge in [0.05, 0.1) is 22.8 Å². The number of anilines is 1. The molecule has 0 saturated carbocycles. The third-order valence-electron chi connectivity index (χ3n) is 3.09. The molecular weight excluding hydrogens is 288 g/mol. The summed E-state index contributed by atoms with van der Waals surface area (Å²) in [6.07, 6.45) is 3.20. The second-order valence-corrected chi connectivity index (χ2v) is 4.85. The molecule has 0 atom stereocenters. The van der Waals surface area contributed by atoms with Crippen LogP contribution in [0.15, 0.2) is 36.7 Å². The summed E-state index contributed by atoms with van der Waals surface area (Å²) in [5.41, 5.74) is 1.28. The Labute approximate surface area is 129 Å². The minimum atomic E-state index is -0.132. The van der Waals surface area contributed by atoms with E-state index in [4.69, 9.17) is 11.6 Å². The lowest BCUT2D eigenvalue weighted by atomic mass is 10.2. The molecule has 0 aromatic carbocycles. The van der Waals surface area contributed by atoms with Crippen LogP contribution < -0.4 is 5.32 Å². The number of carbonyl (C=O) groups excluding carboxylic acids is 1. The van der Waals surface area contributed by atoms with Gasteiger partial charge in [-0.2, -0.15) is 0 Å². The number of nitrogens with one attached hydrogen (secondary N) is 1. The first-order valence-electron chi connectivity index (χ1n) is 6.68. The van der Waals surface area contributed by atoms with Gasteiger partial charge >= 0.3 is 0 Å². The highest BCUT2D eigenvalue weighted by Gasteiger charge is 2.18. The predicted molar refractivity (Wildman–Crippen MR) is 83.4 cm³/mol. The summed E-state index contributed by atoms with van der Waals surface area (Å²) in [4.78, 5) is 22.7. The molecular formula is C15H17ClN4O. The minimum absolute atomic E-state index is 0.132. The molecule has 110 valence electrons. The van der Waals surface area contributed by atoms with E-state index < -0.39 is 0 Å². The van der Waals surface area contributed by atoms with E-state index in [2.05, 4.69) is 15.3 Å². The van der Waals surface area contributed by atoms with Crippen LogP contribution in [0.25, 0.3) is 0 Å². The van der Waals surface area contributed by atoms with Crippen molar-refractivity contribution in [2.75, 3.05) is 18.9 Å². The molecule has 1 amide bonds. The van der Waals surface area contributed by atoms with Gasteiger partial charge in [-0.15, -0.1) is 0 Å². The lowest BCUT2D eigenvalue weighted by molar-refractivity contribution is 0.0750. The summed E-state index contributed by atoms with van der Waals surface area (Å²) in [5, 5.41) is 3.25. The Bertz CT molecular complexity index is 618. The summed E-state index contributed by atoms with van der Waals surface area (Å²) in [7, 11) is 1.75. The number of carbonyl (C=O) groups is 1. The minimum Gasteiger partial charge on any atom is -0.373 e. The Hall–Kier alpha value is -2.14. The maximum absolute atomic E-state index is 12.6. The number of pyridine rings is 2. The number of amides is 1. The first-order valence-corrected chi connectivity index (χ1v) is 7.06. The third kappa shape index (κ3) is 3.70. The summed E-state index contributed by atoms with van der Waals surface area (Å²) in [6.45, 7) is 2.95. The third-order valence-corrected chi connectivity index (χ3v) is 3.39. The molecule has 6 heteroatoms. The second-order valence-electron chi connectivity index (χ2n) is 4.44. The van der Waals surface area contributed by atoms with Crippen LogP contribution in [-0.2, 0) is 6.54 Å². The Kier molecular flexibility index (Phi) is 5.11. The molecule has 0 saturated heterocycles. The maximum atomic E-state index is 12.6. The molecule has 0 aliphatic rings. The zero-order chi connectivity index (χ0) is 15.2. The van der Waals surface area contributed by atoms with Crippen molar-refractivity contribution >= 4 is 23.3 Å². The van der Waals surface area contributed by atoms with Crippen LogP contribution >= 0.6 is 11.6 Å². The Morgan fingerprint density at radius 3 is 2.81 bits per heavy atom. The fourth-order valence-electron chi connectivity index (χ4n) is 1.92. The molecule has 2 aromatic heterocycles. The van der Waals surface area contributed by atoms with E-state index in [1.54, 1.807) is 24.2 Å². The van der Waals surface area contributed by atoms with Gasteiger partial charge < -0.3 is 10.2 Å². The van der Waals surface area contributed by atoms with Crippen LogP contribution in [0.1, 0.15) is 23.0 Å². The zero-order valence-electron chi connectivity index (χ0n) is 12.0. The first-order chi connectivity index (χ1) is 10.2. The molecule has 1 N–H and O–H groups in total. The number of rotatable bonds is 5. The summed E-state index contributed by atoms with van der Waals surface area (Å²) < 4.78 is 0. The lowest BCUT2D eigenvalue weighted by Crippen LogP contribution is -2.31. The standard InChI is InChI=1S/C15H17ClN4O/c1-3-20(10-11-6-4-5-7-18-11)15(21)12-8-14(17-2)19-9-13(12)16/h4-9H,3,10H2,1-2H3,(H,17,19). The summed E-state index contributed by atoms with van der Waals surface area (Å²) >= 11 is 6.10. The molecule has 0 fully saturated rings. The Balaban J connectivity index is 2.24. The van der Waals surface area contributed by atoms with Gasteiger partial charge in [0, 0.05) is 26.0 Å². The van der Waals surface area contributed by atoms with E-state index in [9.17, 15) is 4.79 Å². The molecule has 5 nitrogen and oxygen atoms in total. The largest absolute Gasteiger partial charge is 0.373 e. The number of nitrogens with zero attached hydrogens (tertiary/aromatic N) is 3. The van der Waals surface area contributed by atoms with Crippen molar-refractivity contribution in [3.05, 3.63) is 52.9 Å². The highest BCUT2D eigenvalue weighted by atomic mass is 35.5. The van der Waals surface area contributed by atoms with Gasteiger partial charge in [-0.1, -0.05) is 17.7 Å². The monoisotopic (exact) mass is 304 g/mol. The van der Waals surface area contributed by atoms with Gasteiger partial charge in [0.15, 0.2) is 0 Å². The SMILES string of the molecule is CCN(Cc1ccccn1)C(=O)c1cc(NC)ncc1Cl. The van der Waals surface area contributed by atoms with E-state index in [-0.39, 0.29) is 5.91 Å². The van der Waals surface area contributed by atoms with Crippen molar-refractivity contribution in [1.82, 2.24) is 14.9 Å². The molecule has 2 heterocycles. The quantitative estimate of drug-likeness (QED) is 0.923. The average Bonchev–Trinajstić information content (AvgIpc) is 2.53. The van der Waals surface area contributed by atoms with E-state index >= 15 is 0 Å². The van der Waals surface area contributed by atoms with Crippen molar-refractivity contribution in [3.8, 4) is 0 Å². The summed E-state index contributed by atoms with van der Waals surface area (Å²) in [6, 6.07) is 7.30. The van der Waals surface area contributed by atoms with Crippen LogP contribution in [0.3, 0.4) is 0 Å². The Morgan fingerprint density at radius 1 is 1.38 bits per heavy atom. The zero-order valence-corrected chi connectivity index (χ0v) is 12.8. The maximum Gasteiger partial charge on any atom is 0.255 e. The fourth-order valence-corrected chi connectivity index (χ4v) is 2.11. The molecule has 0 unspecified atom stereocenters. The van der Waals surface area contributed by atoms with Crippen molar-refractivity contribution in [1.29, 1.82) is 0 Å². The van der Waals surface area contributed by atoms with Crippen molar-refractivity contribution in [3.63, 3.8) is 0 Å². The highest BCUT2D eigenvalue weighted by molar-refractivity contribution is 6.33. The van der Waals surface area contributed by atoms with E-state index in [1.807, 2.05) is 25.1 Å². The molecule has 21 heavy (non-hydrogen) atoms. The molecule has 2 aromatic rings. The van der Waals surface area contributed by atoms with E-state index in [1.165, 1.54) is 6.20 Å². The van der Waals surface area contributed by atoms with Gasteiger partial charge in [-0.3, -0.25) is 9.78 Å². The number of hydrogen-bond donors (Lipinski definition) is 1. The number of aromatic nitrogens is 2. The van der Waals surface area contributed by atoms with Crippen LogP contribution in [0.5, 0.6) is 0 Å². The second kappa shape index (κ2) is 7.04. The Morgan fingerprint density at radius 2 is 2.19 bits per heavy atom. The molecule has 0 bridgehead atoms. The van der Waals surface area contributed by atoms with E-state index in [0.29, 0.717) is 29.5 Å². The van der Waals surface area contributed by atoms with Gasteiger partial charge in [-0.25, -0.2) is 4.98 Å². The van der Waals surface area contributed by atoms with Gasteiger partial charge in [0.1, 0.15) is 5.82 Å². The molecule has 0 spiro atoms. The summed E-state index contributed by atoms with van der Waals surface area (Å²) in [5.74, 6) is 0.476. The van der Waals surface area contributed by atoms with Gasteiger partial charge in [0.2, 0.25) is 0 Å². The van der Waals surface area contributed by atoms with Crippen LogP contribution in [0.2, 0.25) is 5.02 Å². The lowest BCUT2D eigenvalue weighted by Gasteiger charge is -2.21. The normalized spacial score (nSPS) is 10.2. The predicted octanol–water partition coefficient (Wildman–Crippen LogP) is 2.83. The van der Waals surface area contributed by atoms with Crippen LogP contribution in [0.4, 0.5) is 5.82 Å². The first kappa shape index (κ1) is 15.3. The number of halogens is 1. The van der Waals surface area contributed by atoms with Crippen molar-refractivity contribution < 1.29 is 4.79 Å². The molecule has 0 radical (unpaired) electrons.